The monoisotopic (exact) mass is 465 g/mol. The molecule has 2 aromatic carbocycles. The number of aliphatic imine (C=N–C) groups is 1. The molecule has 1 aromatic heterocycles. The van der Waals surface area contributed by atoms with Crippen molar-refractivity contribution in [3.8, 4) is 11.1 Å². The van der Waals surface area contributed by atoms with Crippen molar-refractivity contribution in [1.29, 1.82) is 0 Å². The lowest BCUT2D eigenvalue weighted by atomic mass is 9.96. The van der Waals surface area contributed by atoms with Gasteiger partial charge in [-0.2, -0.15) is 0 Å². The summed E-state index contributed by atoms with van der Waals surface area (Å²) in [5.74, 6) is 0.685. The van der Waals surface area contributed by atoms with Crippen LogP contribution in [0.25, 0.3) is 16.7 Å². The summed E-state index contributed by atoms with van der Waals surface area (Å²) in [4.78, 5) is 28.9. The first-order chi connectivity index (χ1) is 17.1. The highest BCUT2D eigenvalue weighted by Gasteiger charge is 2.38. The molecule has 0 saturated carbocycles. The highest BCUT2D eigenvalue weighted by molar-refractivity contribution is 6.03. The summed E-state index contributed by atoms with van der Waals surface area (Å²) < 4.78 is 0. The van der Waals surface area contributed by atoms with E-state index < -0.39 is 0 Å². The maximum Gasteiger partial charge on any atom is 0.245 e. The molecule has 1 amide bonds. The number of likely N-dealkylation sites (tertiary alicyclic amines) is 1. The number of aromatic nitrogens is 2. The van der Waals surface area contributed by atoms with E-state index in [4.69, 9.17) is 4.99 Å². The third-order valence-electron chi connectivity index (χ3n) is 6.82. The van der Waals surface area contributed by atoms with Crippen LogP contribution >= 0.6 is 0 Å². The van der Waals surface area contributed by atoms with Crippen molar-refractivity contribution in [1.82, 2.24) is 14.9 Å². The van der Waals surface area contributed by atoms with Gasteiger partial charge in [-0.05, 0) is 47.1 Å². The molecular weight excluding hydrogens is 434 g/mol. The van der Waals surface area contributed by atoms with E-state index in [1.165, 1.54) is 22.3 Å². The highest BCUT2D eigenvalue weighted by Crippen LogP contribution is 2.31. The van der Waals surface area contributed by atoms with Crippen molar-refractivity contribution in [2.24, 2.45) is 10.9 Å². The van der Waals surface area contributed by atoms with Gasteiger partial charge in [-0.1, -0.05) is 68.4 Å². The summed E-state index contributed by atoms with van der Waals surface area (Å²) in [5, 5.41) is 3.25. The maximum atomic E-state index is 13.6. The molecule has 6 nitrogen and oxygen atoms in total. The van der Waals surface area contributed by atoms with E-state index in [9.17, 15) is 4.79 Å². The van der Waals surface area contributed by atoms with Gasteiger partial charge < -0.3 is 10.2 Å². The van der Waals surface area contributed by atoms with E-state index >= 15 is 0 Å². The highest BCUT2D eigenvalue weighted by atomic mass is 16.2. The summed E-state index contributed by atoms with van der Waals surface area (Å²) in [6, 6.07) is 20.5. The average molecular weight is 466 g/mol. The molecule has 2 atom stereocenters. The van der Waals surface area contributed by atoms with Gasteiger partial charge in [0.2, 0.25) is 11.9 Å². The molecule has 2 aliphatic heterocycles. The molecule has 0 radical (unpaired) electrons. The number of carbonyl (C=O) groups excluding carboxylic acids is 1. The normalized spacial score (nSPS) is 18.4. The molecule has 5 rings (SSSR count). The molecule has 3 heterocycles. The number of rotatable bonds is 7. The molecule has 3 aromatic rings. The zero-order chi connectivity index (χ0) is 24.2. The van der Waals surface area contributed by atoms with Crippen LogP contribution in [0.15, 0.2) is 84.2 Å². The fourth-order valence-electron chi connectivity index (χ4n) is 4.92. The first kappa shape index (κ1) is 23.0. The van der Waals surface area contributed by atoms with Crippen LogP contribution in [0.5, 0.6) is 0 Å². The summed E-state index contributed by atoms with van der Waals surface area (Å²) in [7, 11) is 0. The lowest BCUT2D eigenvalue weighted by Gasteiger charge is -2.31. The quantitative estimate of drug-likeness (QED) is 0.503. The molecule has 0 spiro atoms. The lowest BCUT2D eigenvalue weighted by Crippen LogP contribution is -2.49. The molecule has 1 N–H and O–H groups in total. The van der Waals surface area contributed by atoms with Gasteiger partial charge in [0.25, 0.3) is 0 Å². The van der Waals surface area contributed by atoms with E-state index in [1.54, 1.807) is 18.5 Å². The van der Waals surface area contributed by atoms with Crippen LogP contribution < -0.4 is 5.32 Å². The second kappa shape index (κ2) is 10.2. The second-order valence-electron chi connectivity index (χ2n) is 9.52. The SMILES string of the molecule is CC(C)[C@H](Nc1ncccn1)C(=O)N1CCC[C@H]1C1=NC=C(c2ccc(-c3ccccc3)cc2)C1. The zero-order valence-corrected chi connectivity index (χ0v) is 20.3. The summed E-state index contributed by atoms with van der Waals surface area (Å²) in [5.41, 5.74) is 5.89. The number of carbonyl (C=O) groups is 1. The standard InChI is InChI=1S/C29H31N5O/c1-20(2)27(33-29-30-15-7-16-31-29)28(35)34-17-6-10-26(34)25-18-24(19-32-25)23-13-11-22(12-14-23)21-8-4-3-5-9-21/h3-5,7-9,11-16,19-20,26-27H,6,10,17-18H2,1-2H3,(H,30,31,33)/t26-,27-/m0/s1. The predicted molar refractivity (Wildman–Crippen MR) is 141 cm³/mol. The third kappa shape index (κ3) is 5.02. The lowest BCUT2D eigenvalue weighted by molar-refractivity contribution is -0.132. The number of benzene rings is 2. The number of amides is 1. The second-order valence-corrected chi connectivity index (χ2v) is 9.52. The van der Waals surface area contributed by atoms with Gasteiger partial charge in [0, 0.05) is 37.3 Å². The van der Waals surface area contributed by atoms with Crippen molar-refractivity contribution in [3.63, 3.8) is 0 Å². The molecule has 0 bridgehead atoms. The van der Waals surface area contributed by atoms with Gasteiger partial charge in [0.15, 0.2) is 0 Å². The Morgan fingerprint density at radius 1 is 0.943 bits per heavy atom. The van der Waals surface area contributed by atoms with Crippen molar-refractivity contribution < 1.29 is 4.79 Å². The fraction of sp³-hybridized carbons (Fsp3) is 0.310. The van der Waals surface area contributed by atoms with Crippen LogP contribution in [0.2, 0.25) is 0 Å². The van der Waals surface area contributed by atoms with Crippen LogP contribution in [0, 0.1) is 5.92 Å². The maximum absolute atomic E-state index is 13.6. The Labute approximate surface area is 206 Å². The molecule has 178 valence electrons. The van der Waals surface area contributed by atoms with E-state index in [0.717, 1.165) is 31.5 Å². The van der Waals surface area contributed by atoms with E-state index in [-0.39, 0.29) is 23.9 Å². The number of anilines is 1. The van der Waals surface area contributed by atoms with Crippen molar-refractivity contribution in [2.75, 3.05) is 11.9 Å². The van der Waals surface area contributed by atoms with Crippen LogP contribution in [0.4, 0.5) is 5.95 Å². The van der Waals surface area contributed by atoms with Crippen LogP contribution in [0.3, 0.4) is 0 Å². The van der Waals surface area contributed by atoms with Gasteiger partial charge in [0.1, 0.15) is 6.04 Å². The Kier molecular flexibility index (Phi) is 6.70. The molecule has 1 saturated heterocycles. The van der Waals surface area contributed by atoms with Crippen molar-refractivity contribution in [3.05, 3.63) is 84.8 Å². The van der Waals surface area contributed by atoms with E-state index in [0.29, 0.717) is 5.95 Å². The third-order valence-corrected chi connectivity index (χ3v) is 6.82. The molecular formula is C29H31N5O. The fourth-order valence-corrected chi connectivity index (χ4v) is 4.92. The molecule has 0 unspecified atom stereocenters. The number of nitrogens with zero attached hydrogens (tertiary/aromatic N) is 4. The molecule has 6 heteroatoms. The van der Waals surface area contributed by atoms with Crippen LogP contribution in [0.1, 0.15) is 38.7 Å². The Morgan fingerprint density at radius 3 is 2.34 bits per heavy atom. The van der Waals surface area contributed by atoms with Crippen LogP contribution in [-0.4, -0.2) is 45.1 Å². The van der Waals surface area contributed by atoms with Gasteiger partial charge >= 0.3 is 0 Å². The van der Waals surface area contributed by atoms with Gasteiger partial charge in [0.05, 0.1) is 6.04 Å². The number of nitrogens with one attached hydrogen (secondary N) is 1. The van der Waals surface area contributed by atoms with E-state index in [1.807, 2.05) is 17.2 Å². The Hall–Kier alpha value is -3.80. The Balaban J connectivity index is 1.26. The molecule has 1 fully saturated rings. The minimum Gasteiger partial charge on any atom is -0.342 e. The van der Waals surface area contributed by atoms with Gasteiger partial charge in [-0.3, -0.25) is 9.79 Å². The average Bonchev–Trinajstić information content (AvgIpc) is 3.58. The number of hydrogen-bond acceptors (Lipinski definition) is 5. The summed E-state index contributed by atoms with van der Waals surface area (Å²) in [6.07, 6.45) is 8.06. The first-order valence-electron chi connectivity index (χ1n) is 12.4. The topological polar surface area (TPSA) is 70.5 Å². The first-order valence-corrected chi connectivity index (χ1v) is 12.4. The molecule has 0 aliphatic carbocycles. The van der Waals surface area contributed by atoms with E-state index in [2.05, 4.69) is 77.7 Å². The Morgan fingerprint density at radius 2 is 1.63 bits per heavy atom. The van der Waals surface area contributed by atoms with Gasteiger partial charge in [-0.15, -0.1) is 0 Å². The van der Waals surface area contributed by atoms with Crippen LogP contribution in [-0.2, 0) is 4.79 Å². The number of hydrogen-bond donors (Lipinski definition) is 1. The predicted octanol–water partition coefficient (Wildman–Crippen LogP) is 5.46. The zero-order valence-electron chi connectivity index (χ0n) is 20.3. The smallest absolute Gasteiger partial charge is 0.245 e. The minimum atomic E-state index is -0.377. The minimum absolute atomic E-state index is 0.0413. The van der Waals surface area contributed by atoms with Crippen molar-refractivity contribution >= 4 is 23.1 Å². The van der Waals surface area contributed by atoms with Gasteiger partial charge in [-0.25, -0.2) is 9.97 Å². The summed E-state index contributed by atoms with van der Waals surface area (Å²) in [6.45, 7) is 4.86. The van der Waals surface area contributed by atoms with Crippen molar-refractivity contribution in [2.45, 2.75) is 45.2 Å². The molecule has 35 heavy (non-hydrogen) atoms. The molecule has 2 aliphatic rings. The Bertz CT molecular complexity index is 1220. The summed E-state index contributed by atoms with van der Waals surface area (Å²) >= 11 is 0. The number of allylic oxidation sites excluding steroid dienone is 1. The largest absolute Gasteiger partial charge is 0.342 e.